The Labute approximate surface area is 128 Å². The molecule has 3 rings (SSSR count). The van der Waals surface area contributed by atoms with Gasteiger partial charge in [-0.15, -0.1) is 11.3 Å². The van der Waals surface area contributed by atoms with Crippen molar-refractivity contribution < 1.29 is 4.74 Å². The molecule has 1 aliphatic heterocycles. The minimum Gasteiger partial charge on any atom is -0.479 e. The van der Waals surface area contributed by atoms with Gasteiger partial charge in [-0.3, -0.25) is 0 Å². The highest BCUT2D eigenvalue weighted by atomic mass is 32.1. The number of rotatable bonds is 3. The largest absolute Gasteiger partial charge is 0.479 e. The predicted molar refractivity (Wildman–Crippen MR) is 88.1 cm³/mol. The average Bonchev–Trinajstić information content (AvgIpc) is 3.01. The summed E-state index contributed by atoms with van der Waals surface area (Å²) >= 11 is 1.69. The van der Waals surface area contributed by atoms with Crippen LogP contribution in [0.25, 0.3) is 16.0 Å². The molecule has 2 aromatic rings. The van der Waals surface area contributed by atoms with E-state index in [1.54, 1.807) is 11.3 Å². The molecule has 1 saturated heterocycles. The number of aromatic nitrogens is 2. The highest BCUT2D eigenvalue weighted by molar-refractivity contribution is 7.18. The van der Waals surface area contributed by atoms with Crippen molar-refractivity contribution in [3.8, 4) is 0 Å². The number of hydrogen-bond donors (Lipinski definition) is 0. The monoisotopic (exact) mass is 301 g/mol. The summed E-state index contributed by atoms with van der Waals surface area (Å²) < 4.78 is 7.74. The van der Waals surface area contributed by atoms with E-state index in [0.29, 0.717) is 0 Å². The maximum absolute atomic E-state index is 5.84. The van der Waals surface area contributed by atoms with Gasteiger partial charge in [0.15, 0.2) is 5.88 Å². The van der Waals surface area contributed by atoms with E-state index in [0.717, 1.165) is 51.9 Å². The van der Waals surface area contributed by atoms with Gasteiger partial charge in [0, 0.05) is 25.4 Å². The van der Waals surface area contributed by atoms with Crippen LogP contribution in [0.4, 0.5) is 0 Å². The van der Waals surface area contributed by atoms with E-state index in [-0.39, 0.29) is 0 Å². The Morgan fingerprint density at radius 3 is 3.00 bits per heavy atom. The molecule has 5 heteroatoms. The van der Waals surface area contributed by atoms with Gasteiger partial charge in [0.25, 0.3) is 0 Å². The number of fused-ring (bicyclic) bond motifs is 1. The lowest BCUT2D eigenvalue weighted by Gasteiger charge is -2.29. The van der Waals surface area contributed by atoms with E-state index in [9.17, 15) is 0 Å². The van der Waals surface area contributed by atoms with Crippen LogP contribution in [0.3, 0.4) is 0 Å². The Bertz CT molecular complexity index is 738. The summed E-state index contributed by atoms with van der Waals surface area (Å²) in [6, 6.07) is 0. The van der Waals surface area contributed by atoms with Gasteiger partial charge in [0.1, 0.15) is 4.83 Å². The first kappa shape index (κ1) is 13.9. The molecule has 0 spiro atoms. The number of hydrogen-bond acceptors (Lipinski definition) is 4. The molecule has 0 bridgehead atoms. The molecule has 110 valence electrons. The minimum absolute atomic E-state index is 0.760. The normalized spacial score (nSPS) is 17.7. The van der Waals surface area contributed by atoms with E-state index in [1.165, 1.54) is 0 Å². The summed E-state index contributed by atoms with van der Waals surface area (Å²) in [6.45, 7) is 11.7. The summed E-state index contributed by atoms with van der Waals surface area (Å²) in [5.74, 6) is 0.901. The summed E-state index contributed by atoms with van der Waals surface area (Å²) in [4.78, 5) is 4.36. The Balaban J connectivity index is 2.11. The molecule has 0 aromatic carbocycles. The van der Waals surface area contributed by atoms with Gasteiger partial charge in [0.2, 0.25) is 0 Å². The SMILES string of the molecule is C=C/C(=C1/OCCCN1C)c1cn2ncc(C(=C)C)c2s1. The van der Waals surface area contributed by atoms with E-state index in [4.69, 9.17) is 4.74 Å². The van der Waals surface area contributed by atoms with Crippen molar-refractivity contribution in [2.24, 2.45) is 0 Å². The summed E-state index contributed by atoms with van der Waals surface area (Å²) in [7, 11) is 2.05. The third-order valence-electron chi connectivity index (χ3n) is 3.58. The Hall–Kier alpha value is -2.01. The van der Waals surface area contributed by atoms with Gasteiger partial charge in [-0.1, -0.05) is 19.2 Å². The molecule has 0 atom stereocenters. The Morgan fingerprint density at radius 1 is 1.52 bits per heavy atom. The zero-order chi connectivity index (χ0) is 15.0. The highest BCUT2D eigenvalue weighted by Gasteiger charge is 2.19. The standard InChI is InChI=1S/C16H19N3OS/c1-5-12(15-18(4)7-6-8-20-15)14-10-19-16(21-14)13(9-17-19)11(2)3/h5,9-10H,1-2,6-8H2,3-4H3/b15-12-. The second-order valence-corrected chi connectivity index (χ2v) is 6.26. The van der Waals surface area contributed by atoms with Crippen LogP contribution in [-0.4, -0.2) is 34.7 Å². The molecule has 4 nitrogen and oxygen atoms in total. The molecule has 2 aromatic heterocycles. The van der Waals surface area contributed by atoms with E-state index < -0.39 is 0 Å². The van der Waals surface area contributed by atoms with E-state index in [2.05, 4.69) is 30.2 Å². The lowest BCUT2D eigenvalue weighted by molar-refractivity contribution is 0.0825. The number of ether oxygens (including phenoxy) is 1. The van der Waals surface area contributed by atoms with Crippen LogP contribution in [0.1, 0.15) is 23.8 Å². The minimum atomic E-state index is 0.760. The topological polar surface area (TPSA) is 29.8 Å². The first-order valence-electron chi connectivity index (χ1n) is 6.96. The van der Waals surface area contributed by atoms with Crippen molar-refractivity contribution in [1.29, 1.82) is 0 Å². The van der Waals surface area contributed by atoms with Gasteiger partial charge in [0.05, 0.1) is 23.3 Å². The van der Waals surface area contributed by atoms with Crippen LogP contribution in [0.5, 0.6) is 0 Å². The van der Waals surface area contributed by atoms with Crippen molar-refractivity contribution in [2.45, 2.75) is 13.3 Å². The van der Waals surface area contributed by atoms with Crippen molar-refractivity contribution in [1.82, 2.24) is 14.5 Å². The smallest absolute Gasteiger partial charge is 0.198 e. The number of allylic oxidation sites excluding steroid dienone is 3. The second-order valence-electron chi connectivity index (χ2n) is 5.23. The second kappa shape index (κ2) is 5.41. The van der Waals surface area contributed by atoms with Crippen LogP contribution in [0.2, 0.25) is 0 Å². The Morgan fingerprint density at radius 2 is 2.33 bits per heavy atom. The van der Waals surface area contributed by atoms with Crippen LogP contribution in [-0.2, 0) is 4.74 Å². The number of nitrogens with zero attached hydrogens (tertiary/aromatic N) is 3. The van der Waals surface area contributed by atoms with E-state index >= 15 is 0 Å². The fourth-order valence-electron chi connectivity index (χ4n) is 2.46. The third kappa shape index (κ3) is 2.38. The van der Waals surface area contributed by atoms with Crippen LogP contribution >= 0.6 is 11.3 Å². The molecule has 1 fully saturated rings. The molecule has 0 aliphatic carbocycles. The highest BCUT2D eigenvalue weighted by Crippen LogP contribution is 2.33. The average molecular weight is 301 g/mol. The quantitative estimate of drug-likeness (QED) is 0.867. The molecular weight excluding hydrogens is 282 g/mol. The van der Waals surface area contributed by atoms with Gasteiger partial charge in [-0.25, -0.2) is 4.52 Å². The summed E-state index contributed by atoms with van der Waals surface area (Å²) in [6.07, 6.45) is 6.81. The van der Waals surface area contributed by atoms with E-state index in [1.807, 2.05) is 29.9 Å². The lowest BCUT2D eigenvalue weighted by atomic mass is 10.2. The van der Waals surface area contributed by atoms with Crippen molar-refractivity contribution >= 4 is 27.3 Å². The van der Waals surface area contributed by atoms with Crippen molar-refractivity contribution in [3.63, 3.8) is 0 Å². The Kier molecular flexibility index (Phi) is 3.59. The van der Waals surface area contributed by atoms with Gasteiger partial charge in [-0.2, -0.15) is 5.10 Å². The molecule has 1 aliphatic rings. The van der Waals surface area contributed by atoms with Crippen LogP contribution < -0.4 is 0 Å². The molecule has 0 amide bonds. The summed E-state index contributed by atoms with van der Waals surface area (Å²) in [5, 5.41) is 4.40. The first-order chi connectivity index (χ1) is 10.1. The molecule has 21 heavy (non-hydrogen) atoms. The first-order valence-corrected chi connectivity index (χ1v) is 7.77. The van der Waals surface area contributed by atoms with Crippen molar-refractivity contribution in [2.75, 3.05) is 20.2 Å². The summed E-state index contributed by atoms with van der Waals surface area (Å²) in [5.41, 5.74) is 3.15. The number of thiazole rings is 1. The zero-order valence-corrected chi connectivity index (χ0v) is 13.2. The zero-order valence-electron chi connectivity index (χ0n) is 12.4. The molecule has 0 unspecified atom stereocenters. The van der Waals surface area contributed by atoms with Gasteiger partial charge in [-0.05, 0) is 18.9 Å². The molecule has 3 heterocycles. The lowest BCUT2D eigenvalue weighted by Crippen LogP contribution is -2.28. The van der Waals surface area contributed by atoms with Gasteiger partial charge < -0.3 is 9.64 Å². The van der Waals surface area contributed by atoms with Crippen LogP contribution in [0, 0.1) is 0 Å². The van der Waals surface area contributed by atoms with Crippen LogP contribution in [0.15, 0.2) is 37.5 Å². The predicted octanol–water partition coefficient (Wildman–Crippen LogP) is 3.64. The maximum Gasteiger partial charge on any atom is 0.198 e. The van der Waals surface area contributed by atoms with Crippen molar-refractivity contribution in [3.05, 3.63) is 48.0 Å². The fraction of sp³-hybridized carbons (Fsp3) is 0.312. The third-order valence-corrected chi connectivity index (χ3v) is 4.72. The fourth-order valence-corrected chi connectivity index (χ4v) is 3.63. The van der Waals surface area contributed by atoms with Gasteiger partial charge >= 0.3 is 0 Å². The molecule has 0 saturated carbocycles. The maximum atomic E-state index is 5.84. The molecule has 0 N–H and O–H groups in total. The molecular formula is C16H19N3OS. The molecule has 0 radical (unpaired) electrons.